The summed E-state index contributed by atoms with van der Waals surface area (Å²) in [5.74, 6) is 0. The third-order valence-corrected chi connectivity index (χ3v) is 6.19. The lowest BCUT2D eigenvalue weighted by molar-refractivity contribution is -0.0156. The molecule has 6 nitrogen and oxygen atoms in total. The predicted octanol–water partition coefficient (Wildman–Crippen LogP) is 0.124. The standard InChI is InChI=1S/C12H21N3O3S2/c1-9-8-19-11(5-13)12(9)20(16,17)14-6-10-7-15(2)3-4-18-10/h8,10,14H,3-7,13H2,1-2H3. The molecule has 0 saturated carbocycles. The Bertz CT molecular complexity index is 556. The molecular weight excluding hydrogens is 298 g/mol. The highest BCUT2D eigenvalue weighted by Crippen LogP contribution is 2.26. The number of hydrogen-bond acceptors (Lipinski definition) is 6. The molecule has 0 amide bonds. The van der Waals surface area contributed by atoms with Gasteiger partial charge in [0, 0.05) is 31.1 Å². The van der Waals surface area contributed by atoms with E-state index in [4.69, 9.17) is 10.5 Å². The molecule has 20 heavy (non-hydrogen) atoms. The molecule has 0 radical (unpaired) electrons. The second-order valence-electron chi connectivity index (χ2n) is 4.98. The minimum atomic E-state index is -3.53. The molecule has 2 heterocycles. The van der Waals surface area contributed by atoms with Crippen LogP contribution in [0.5, 0.6) is 0 Å². The van der Waals surface area contributed by atoms with Gasteiger partial charge in [-0.2, -0.15) is 0 Å². The smallest absolute Gasteiger partial charge is 0.242 e. The van der Waals surface area contributed by atoms with E-state index in [-0.39, 0.29) is 19.2 Å². The number of nitrogens with one attached hydrogen (secondary N) is 1. The first kappa shape index (κ1) is 15.9. The summed E-state index contributed by atoms with van der Waals surface area (Å²) < 4.78 is 33.0. The van der Waals surface area contributed by atoms with Gasteiger partial charge in [0.15, 0.2) is 0 Å². The van der Waals surface area contributed by atoms with Crippen molar-refractivity contribution in [3.63, 3.8) is 0 Å². The monoisotopic (exact) mass is 319 g/mol. The summed E-state index contributed by atoms with van der Waals surface area (Å²) in [7, 11) is -1.53. The Labute approximate surface area is 124 Å². The maximum Gasteiger partial charge on any atom is 0.242 e. The van der Waals surface area contributed by atoms with Gasteiger partial charge in [0.25, 0.3) is 0 Å². The maximum atomic E-state index is 12.4. The molecule has 1 aromatic rings. The van der Waals surface area contributed by atoms with Gasteiger partial charge in [-0.1, -0.05) is 0 Å². The Morgan fingerprint density at radius 1 is 1.60 bits per heavy atom. The number of ether oxygens (including phenoxy) is 1. The van der Waals surface area contributed by atoms with Gasteiger partial charge in [-0.15, -0.1) is 11.3 Å². The zero-order valence-electron chi connectivity index (χ0n) is 11.8. The van der Waals surface area contributed by atoms with Crippen molar-refractivity contribution in [2.75, 3.05) is 33.3 Å². The van der Waals surface area contributed by atoms with Crippen LogP contribution in [0.15, 0.2) is 10.3 Å². The molecule has 1 atom stereocenters. The molecule has 1 fully saturated rings. The topological polar surface area (TPSA) is 84.7 Å². The van der Waals surface area contributed by atoms with Crippen molar-refractivity contribution in [3.05, 3.63) is 15.8 Å². The van der Waals surface area contributed by atoms with Crippen molar-refractivity contribution in [3.8, 4) is 0 Å². The molecule has 1 aromatic heterocycles. The van der Waals surface area contributed by atoms with Crippen LogP contribution in [0.1, 0.15) is 10.4 Å². The predicted molar refractivity (Wildman–Crippen MR) is 79.4 cm³/mol. The van der Waals surface area contributed by atoms with E-state index in [0.29, 0.717) is 16.4 Å². The van der Waals surface area contributed by atoms with Crippen LogP contribution in [0.4, 0.5) is 0 Å². The molecule has 2 rings (SSSR count). The third kappa shape index (κ3) is 3.57. The van der Waals surface area contributed by atoms with Crippen LogP contribution in [0.25, 0.3) is 0 Å². The minimum Gasteiger partial charge on any atom is -0.374 e. The number of sulfonamides is 1. The number of likely N-dealkylation sites (N-methyl/N-ethyl adjacent to an activating group) is 1. The summed E-state index contributed by atoms with van der Waals surface area (Å²) in [6.45, 7) is 4.55. The van der Waals surface area contributed by atoms with Crippen molar-refractivity contribution < 1.29 is 13.2 Å². The van der Waals surface area contributed by atoms with E-state index in [2.05, 4.69) is 9.62 Å². The number of hydrogen-bond donors (Lipinski definition) is 2. The van der Waals surface area contributed by atoms with Gasteiger partial charge in [0.05, 0.1) is 12.7 Å². The van der Waals surface area contributed by atoms with Crippen LogP contribution in [-0.4, -0.2) is 52.7 Å². The fraction of sp³-hybridized carbons (Fsp3) is 0.667. The van der Waals surface area contributed by atoms with Gasteiger partial charge in [0.1, 0.15) is 4.90 Å². The highest BCUT2D eigenvalue weighted by atomic mass is 32.2. The number of nitrogens with two attached hydrogens (primary N) is 1. The molecule has 0 aliphatic carbocycles. The third-order valence-electron chi connectivity index (χ3n) is 3.29. The number of nitrogens with zero attached hydrogens (tertiary/aromatic N) is 1. The quantitative estimate of drug-likeness (QED) is 0.805. The zero-order valence-corrected chi connectivity index (χ0v) is 13.4. The molecule has 0 bridgehead atoms. The highest BCUT2D eigenvalue weighted by molar-refractivity contribution is 7.89. The van der Waals surface area contributed by atoms with Crippen LogP contribution in [-0.2, 0) is 21.3 Å². The first-order valence-electron chi connectivity index (χ1n) is 6.51. The molecule has 114 valence electrons. The summed E-state index contributed by atoms with van der Waals surface area (Å²) in [6.07, 6.45) is -0.108. The van der Waals surface area contributed by atoms with Gasteiger partial charge in [-0.05, 0) is 24.9 Å². The summed E-state index contributed by atoms with van der Waals surface area (Å²) in [6, 6.07) is 0. The number of morpholine rings is 1. The molecule has 1 unspecified atom stereocenters. The summed E-state index contributed by atoms with van der Waals surface area (Å²) in [4.78, 5) is 3.15. The Kier molecular flexibility index (Phi) is 5.16. The Balaban J connectivity index is 2.05. The second kappa shape index (κ2) is 6.50. The van der Waals surface area contributed by atoms with Crippen LogP contribution in [0, 0.1) is 6.92 Å². The van der Waals surface area contributed by atoms with Crippen LogP contribution in [0.2, 0.25) is 0 Å². The van der Waals surface area contributed by atoms with Crippen LogP contribution < -0.4 is 10.5 Å². The van der Waals surface area contributed by atoms with E-state index in [1.807, 2.05) is 12.4 Å². The van der Waals surface area contributed by atoms with Crippen molar-refractivity contribution in [2.24, 2.45) is 5.73 Å². The second-order valence-corrected chi connectivity index (χ2v) is 7.65. The van der Waals surface area contributed by atoms with Gasteiger partial charge in [-0.3, -0.25) is 0 Å². The maximum absolute atomic E-state index is 12.4. The van der Waals surface area contributed by atoms with Gasteiger partial charge in [-0.25, -0.2) is 13.1 Å². The molecule has 8 heteroatoms. The first-order valence-corrected chi connectivity index (χ1v) is 8.87. The summed E-state index contributed by atoms with van der Waals surface area (Å²) >= 11 is 1.38. The zero-order chi connectivity index (χ0) is 14.8. The lowest BCUT2D eigenvalue weighted by Crippen LogP contribution is -2.46. The Morgan fingerprint density at radius 2 is 2.35 bits per heavy atom. The fourth-order valence-corrected chi connectivity index (χ4v) is 5.02. The number of rotatable bonds is 5. The van der Waals surface area contributed by atoms with Gasteiger partial charge < -0.3 is 15.4 Å². The highest BCUT2D eigenvalue weighted by Gasteiger charge is 2.25. The minimum absolute atomic E-state index is 0.108. The fourth-order valence-electron chi connectivity index (χ4n) is 2.25. The molecule has 1 aliphatic heterocycles. The molecule has 0 aromatic carbocycles. The largest absolute Gasteiger partial charge is 0.374 e. The van der Waals surface area contributed by atoms with Crippen molar-refractivity contribution in [1.29, 1.82) is 0 Å². The average molecular weight is 319 g/mol. The van der Waals surface area contributed by atoms with Crippen LogP contribution in [0.3, 0.4) is 0 Å². The van der Waals surface area contributed by atoms with E-state index in [9.17, 15) is 8.42 Å². The van der Waals surface area contributed by atoms with E-state index in [1.54, 1.807) is 6.92 Å². The lowest BCUT2D eigenvalue weighted by atomic mass is 10.3. The normalized spacial score (nSPS) is 21.2. The van der Waals surface area contributed by atoms with E-state index in [1.165, 1.54) is 11.3 Å². The van der Waals surface area contributed by atoms with Gasteiger partial charge in [0.2, 0.25) is 10.0 Å². The molecule has 3 N–H and O–H groups in total. The lowest BCUT2D eigenvalue weighted by Gasteiger charge is -2.30. The molecular formula is C12H21N3O3S2. The van der Waals surface area contributed by atoms with E-state index < -0.39 is 10.0 Å². The number of thiophene rings is 1. The Morgan fingerprint density at radius 3 is 3.00 bits per heavy atom. The van der Waals surface area contributed by atoms with Crippen molar-refractivity contribution in [1.82, 2.24) is 9.62 Å². The average Bonchev–Trinajstić information content (AvgIpc) is 2.78. The summed E-state index contributed by atoms with van der Waals surface area (Å²) in [5, 5.41) is 1.82. The molecule has 0 spiro atoms. The molecule has 1 saturated heterocycles. The molecule has 1 aliphatic rings. The first-order chi connectivity index (χ1) is 9.44. The van der Waals surface area contributed by atoms with E-state index in [0.717, 1.165) is 18.7 Å². The van der Waals surface area contributed by atoms with Gasteiger partial charge >= 0.3 is 0 Å². The van der Waals surface area contributed by atoms with Crippen molar-refractivity contribution >= 4 is 21.4 Å². The van der Waals surface area contributed by atoms with Crippen molar-refractivity contribution in [2.45, 2.75) is 24.5 Å². The Hall–Kier alpha value is -0.510. The van der Waals surface area contributed by atoms with E-state index >= 15 is 0 Å². The SMILES string of the molecule is Cc1csc(CN)c1S(=O)(=O)NCC1CN(C)CCO1. The van der Waals surface area contributed by atoms with Crippen LogP contribution >= 0.6 is 11.3 Å². The summed E-state index contributed by atoms with van der Waals surface area (Å²) in [5.41, 5.74) is 6.35. The number of aryl methyl sites for hydroxylation is 1.